The molecule has 16 heavy (non-hydrogen) atoms. The predicted molar refractivity (Wildman–Crippen MR) is 62.0 cm³/mol. The Kier molecular flexibility index (Phi) is 2.71. The first-order chi connectivity index (χ1) is 7.70. The Bertz CT molecular complexity index is 604. The van der Waals surface area contributed by atoms with Crippen LogP contribution in [0.25, 0.3) is 11.0 Å². The number of fused-ring (bicyclic) bond motifs is 1. The normalized spacial score (nSPS) is 9.75. The number of amides is 1. The number of nitrogens with one attached hydrogen (secondary N) is 1. The van der Waals surface area contributed by atoms with E-state index < -0.39 is 5.91 Å². The number of hydrogen-bond acceptors (Lipinski definition) is 3. The van der Waals surface area contributed by atoms with E-state index in [1.807, 2.05) is 18.1 Å². The average molecular weight is 232 g/mol. The van der Waals surface area contributed by atoms with Gasteiger partial charge in [-0.25, -0.2) is 9.97 Å². The first-order valence-electron chi connectivity index (χ1n) is 4.40. The maximum absolute atomic E-state index is 11.0. The van der Waals surface area contributed by atoms with Crippen LogP contribution >= 0.6 is 11.6 Å². The first kappa shape index (κ1) is 10.4. The minimum atomic E-state index is -0.605. The number of aromatic nitrogens is 2. The van der Waals surface area contributed by atoms with Crippen molar-refractivity contribution in [2.45, 2.75) is 0 Å². The van der Waals surface area contributed by atoms with Gasteiger partial charge >= 0.3 is 5.91 Å². The molecule has 2 rings (SSSR count). The summed E-state index contributed by atoms with van der Waals surface area (Å²) < 4.78 is 0. The molecule has 0 saturated carbocycles. The Balaban J connectivity index is 2.51. The van der Waals surface area contributed by atoms with Gasteiger partial charge in [-0.15, -0.1) is 6.42 Å². The lowest BCUT2D eigenvalue weighted by Gasteiger charge is -2.04. The molecule has 0 saturated heterocycles. The van der Waals surface area contributed by atoms with E-state index in [9.17, 15) is 4.79 Å². The molecule has 2 aromatic rings. The van der Waals surface area contributed by atoms with Gasteiger partial charge in [0.05, 0.1) is 11.0 Å². The van der Waals surface area contributed by atoms with Crippen LogP contribution in [0.5, 0.6) is 0 Å². The largest absolute Gasteiger partial charge is 0.301 e. The zero-order valence-corrected chi connectivity index (χ0v) is 8.82. The molecule has 5 heteroatoms. The van der Waals surface area contributed by atoms with Crippen molar-refractivity contribution >= 4 is 34.4 Å². The number of rotatable bonds is 1. The van der Waals surface area contributed by atoms with E-state index in [1.54, 1.807) is 12.1 Å². The number of para-hydroxylation sites is 2. The Morgan fingerprint density at radius 2 is 1.94 bits per heavy atom. The van der Waals surface area contributed by atoms with Gasteiger partial charge in [0, 0.05) is 0 Å². The summed E-state index contributed by atoms with van der Waals surface area (Å²) >= 11 is 5.85. The molecular formula is C11H6ClN3O. The lowest BCUT2D eigenvalue weighted by atomic mass is 10.3. The number of benzene rings is 1. The molecule has 1 aromatic heterocycles. The second-order valence-corrected chi connectivity index (χ2v) is 3.31. The first-order valence-corrected chi connectivity index (χ1v) is 4.78. The van der Waals surface area contributed by atoms with Gasteiger partial charge in [0.25, 0.3) is 0 Å². The topological polar surface area (TPSA) is 54.9 Å². The summed E-state index contributed by atoms with van der Waals surface area (Å²) in [7, 11) is 0. The molecule has 4 nitrogen and oxygen atoms in total. The SMILES string of the molecule is C#CC(=O)Nc1nc2ccccc2nc1Cl. The van der Waals surface area contributed by atoms with Crippen molar-refractivity contribution in [3.05, 3.63) is 29.4 Å². The Hall–Kier alpha value is -2.12. The van der Waals surface area contributed by atoms with Crippen molar-refractivity contribution < 1.29 is 4.79 Å². The quantitative estimate of drug-likeness (QED) is 0.762. The molecule has 0 aliphatic carbocycles. The standard InChI is InChI=1S/C11H6ClN3O/c1-2-9(16)15-11-10(12)13-7-5-3-4-6-8(7)14-11/h1,3-6H,(H,14,15,16). The Morgan fingerprint density at radius 3 is 2.56 bits per heavy atom. The van der Waals surface area contributed by atoms with Gasteiger partial charge < -0.3 is 0 Å². The van der Waals surface area contributed by atoms with Gasteiger partial charge in [-0.05, 0) is 18.1 Å². The fourth-order valence-electron chi connectivity index (χ4n) is 1.20. The van der Waals surface area contributed by atoms with Crippen molar-refractivity contribution in [1.82, 2.24) is 9.97 Å². The number of terminal acetylenes is 1. The van der Waals surface area contributed by atoms with Crippen molar-refractivity contribution in [1.29, 1.82) is 0 Å². The highest BCUT2D eigenvalue weighted by molar-refractivity contribution is 6.32. The van der Waals surface area contributed by atoms with E-state index in [2.05, 4.69) is 15.3 Å². The fourth-order valence-corrected chi connectivity index (χ4v) is 1.38. The van der Waals surface area contributed by atoms with E-state index in [4.69, 9.17) is 18.0 Å². The van der Waals surface area contributed by atoms with Gasteiger partial charge in [0.1, 0.15) is 0 Å². The summed E-state index contributed by atoms with van der Waals surface area (Å²) in [6.45, 7) is 0. The molecule has 1 N–H and O–H groups in total. The molecule has 0 spiro atoms. The highest BCUT2D eigenvalue weighted by Gasteiger charge is 2.08. The van der Waals surface area contributed by atoms with Crippen molar-refractivity contribution in [2.24, 2.45) is 0 Å². The molecule has 1 amide bonds. The fraction of sp³-hybridized carbons (Fsp3) is 0. The molecule has 0 aliphatic rings. The van der Waals surface area contributed by atoms with Crippen LogP contribution in [-0.2, 0) is 4.79 Å². The van der Waals surface area contributed by atoms with Crippen LogP contribution in [-0.4, -0.2) is 15.9 Å². The van der Waals surface area contributed by atoms with Crippen LogP contribution < -0.4 is 5.32 Å². The third-order valence-electron chi connectivity index (χ3n) is 1.89. The maximum Gasteiger partial charge on any atom is 0.301 e. The molecular weight excluding hydrogens is 226 g/mol. The lowest BCUT2D eigenvalue weighted by Crippen LogP contribution is -2.10. The molecule has 0 fully saturated rings. The summed E-state index contributed by atoms with van der Waals surface area (Å²) in [4.78, 5) is 19.2. The van der Waals surface area contributed by atoms with Gasteiger partial charge in [-0.1, -0.05) is 23.7 Å². The van der Waals surface area contributed by atoms with Crippen LogP contribution in [0.3, 0.4) is 0 Å². The summed E-state index contributed by atoms with van der Waals surface area (Å²) in [6.07, 6.45) is 4.93. The van der Waals surface area contributed by atoms with E-state index in [1.165, 1.54) is 0 Å². The second kappa shape index (κ2) is 4.17. The third kappa shape index (κ3) is 1.95. The van der Waals surface area contributed by atoms with Crippen LogP contribution in [0.4, 0.5) is 5.82 Å². The Labute approximate surface area is 96.7 Å². The van der Waals surface area contributed by atoms with Crippen LogP contribution in [0, 0.1) is 12.3 Å². The smallest absolute Gasteiger partial charge is 0.297 e. The molecule has 0 aliphatic heterocycles. The van der Waals surface area contributed by atoms with Gasteiger partial charge in [0.15, 0.2) is 11.0 Å². The predicted octanol–water partition coefficient (Wildman–Crippen LogP) is 1.85. The molecule has 0 atom stereocenters. The number of carbonyl (C=O) groups excluding carboxylic acids is 1. The molecule has 1 heterocycles. The van der Waals surface area contributed by atoms with Crippen LogP contribution in [0.2, 0.25) is 5.15 Å². The minimum Gasteiger partial charge on any atom is -0.297 e. The monoisotopic (exact) mass is 231 g/mol. The van der Waals surface area contributed by atoms with Crippen molar-refractivity contribution in [3.8, 4) is 12.3 Å². The molecule has 0 radical (unpaired) electrons. The number of carbonyl (C=O) groups is 1. The lowest BCUT2D eigenvalue weighted by molar-refractivity contribution is -0.111. The highest BCUT2D eigenvalue weighted by Crippen LogP contribution is 2.20. The van der Waals surface area contributed by atoms with Crippen molar-refractivity contribution in [2.75, 3.05) is 5.32 Å². The number of hydrogen-bond donors (Lipinski definition) is 1. The van der Waals surface area contributed by atoms with Crippen LogP contribution in [0.1, 0.15) is 0 Å². The highest BCUT2D eigenvalue weighted by atomic mass is 35.5. The minimum absolute atomic E-state index is 0.113. The van der Waals surface area contributed by atoms with Gasteiger partial charge in [-0.2, -0.15) is 0 Å². The number of anilines is 1. The maximum atomic E-state index is 11.0. The van der Waals surface area contributed by atoms with E-state index >= 15 is 0 Å². The summed E-state index contributed by atoms with van der Waals surface area (Å²) in [5.41, 5.74) is 1.30. The molecule has 0 unspecified atom stereocenters. The van der Waals surface area contributed by atoms with Gasteiger partial charge in [0.2, 0.25) is 0 Å². The van der Waals surface area contributed by atoms with E-state index in [-0.39, 0.29) is 11.0 Å². The van der Waals surface area contributed by atoms with E-state index in [0.29, 0.717) is 11.0 Å². The number of halogens is 1. The van der Waals surface area contributed by atoms with Crippen molar-refractivity contribution in [3.63, 3.8) is 0 Å². The molecule has 78 valence electrons. The Morgan fingerprint density at radius 1 is 1.31 bits per heavy atom. The number of nitrogens with zero attached hydrogens (tertiary/aromatic N) is 2. The zero-order valence-electron chi connectivity index (χ0n) is 8.07. The molecule has 1 aromatic carbocycles. The third-order valence-corrected chi connectivity index (χ3v) is 2.15. The van der Waals surface area contributed by atoms with Gasteiger partial charge in [-0.3, -0.25) is 10.1 Å². The van der Waals surface area contributed by atoms with E-state index in [0.717, 1.165) is 0 Å². The zero-order chi connectivity index (χ0) is 11.5. The summed E-state index contributed by atoms with van der Waals surface area (Å²) in [6, 6.07) is 7.19. The second-order valence-electron chi connectivity index (χ2n) is 2.95. The average Bonchev–Trinajstić information content (AvgIpc) is 2.30. The van der Waals surface area contributed by atoms with Crippen LogP contribution in [0.15, 0.2) is 24.3 Å². The summed E-state index contributed by atoms with van der Waals surface area (Å²) in [5.74, 6) is 1.48. The summed E-state index contributed by atoms with van der Waals surface area (Å²) in [5, 5.41) is 2.48. The molecule has 0 bridgehead atoms.